The van der Waals surface area contributed by atoms with Gasteiger partial charge in [0.15, 0.2) is 0 Å². The van der Waals surface area contributed by atoms with Gasteiger partial charge in [0.2, 0.25) is 10.0 Å². The van der Waals surface area contributed by atoms with Crippen LogP contribution in [0.15, 0.2) is 28.0 Å². The summed E-state index contributed by atoms with van der Waals surface area (Å²) in [6, 6.07) is 4.84. The van der Waals surface area contributed by atoms with Gasteiger partial charge in [-0.05, 0) is 56.3 Å². The molecule has 1 aromatic rings. The van der Waals surface area contributed by atoms with Crippen molar-refractivity contribution < 1.29 is 8.42 Å². The number of thioether (sulfide) groups is 1. The van der Waals surface area contributed by atoms with Crippen LogP contribution in [0.2, 0.25) is 5.02 Å². The number of hydrogen-bond acceptors (Lipinski definition) is 4. The van der Waals surface area contributed by atoms with Crippen molar-refractivity contribution in [3.05, 3.63) is 23.2 Å². The van der Waals surface area contributed by atoms with E-state index in [1.165, 1.54) is 17.8 Å². The van der Waals surface area contributed by atoms with Crippen LogP contribution in [-0.4, -0.2) is 34.3 Å². The molecule has 2 N–H and O–H groups in total. The van der Waals surface area contributed by atoms with E-state index in [9.17, 15) is 8.42 Å². The quantitative estimate of drug-likeness (QED) is 0.755. The monoisotopic (exact) mass is 370 g/mol. The lowest BCUT2D eigenvalue weighted by molar-refractivity contribution is 0.519. The normalized spacial score (nSPS) is 18.5. The van der Waals surface area contributed by atoms with E-state index in [2.05, 4.69) is 10.0 Å². The molecule has 8 heteroatoms. The maximum absolute atomic E-state index is 12.2. The van der Waals surface area contributed by atoms with Crippen LogP contribution in [0.25, 0.3) is 0 Å². The summed E-state index contributed by atoms with van der Waals surface area (Å²) in [7, 11) is -3.46. The maximum atomic E-state index is 12.2. The van der Waals surface area contributed by atoms with Gasteiger partial charge in [0, 0.05) is 11.4 Å². The molecule has 0 radical (unpaired) electrons. The Hall–Kier alpha value is 0.0200. The largest absolute Gasteiger partial charge is 0.316 e. The zero-order chi connectivity index (χ0) is 14.6. The van der Waals surface area contributed by atoms with Crippen molar-refractivity contribution in [2.24, 2.45) is 5.92 Å². The highest BCUT2D eigenvalue weighted by Crippen LogP contribution is 2.27. The molecule has 1 unspecified atom stereocenters. The molecule has 1 fully saturated rings. The van der Waals surface area contributed by atoms with Gasteiger partial charge >= 0.3 is 0 Å². The van der Waals surface area contributed by atoms with Gasteiger partial charge in [-0.2, -0.15) is 0 Å². The fraction of sp³-hybridized carbons (Fsp3) is 0.538. The van der Waals surface area contributed by atoms with Gasteiger partial charge in [0.05, 0.1) is 9.92 Å². The second-order valence-electron chi connectivity index (χ2n) is 4.84. The third-order valence-electron chi connectivity index (χ3n) is 3.44. The molecule has 2 rings (SSSR count). The fourth-order valence-corrected chi connectivity index (χ4v) is 4.26. The van der Waals surface area contributed by atoms with Gasteiger partial charge in [0.1, 0.15) is 0 Å². The van der Waals surface area contributed by atoms with Crippen LogP contribution < -0.4 is 10.0 Å². The molecule has 1 atom stereocenters. The van der Waals surface area contributed by atoms with Crippen molar-refractivity contribution in [1.29, 1.82) is 0 Å². The zero-order valence-corrected chi connectivity index (χ0v) is 15.0. The Labute approximate surface area is 141 Å². The highest BCUT2D eigenvalue weighted by Gasteiger charge is 2.18. The first-order valence-corrected chi connectivity index (χ1v) is 9.65. The Morgan fingerprint density at radius 2 is 2.24 bits per heavy atom. The molecule has 0 aromatic heterocycles. The van der Waals surface area contributed by atoms with Crippen LogP contribution in [0.5, 0.6) is 0 Å². The Morgan fingerprint density at radius 1 is 1.48 bits per heavy atom. The molecule has 0 bridgehead atoms. The summed E-state index contributed by atoms with van der Waals surface area (Å²) in [6.07, 6.45) is 3.89. The number of hydrogen-bond donors (Lipinski definition) is 2. The van der Waals surface area contributed by atoms with Gasteiger partial charge in [-0.25, -0.2) is 13.1 Å². The summed E-state index contributed by atoms with van der Waals surface area (Å²) < 4.78 is 27.0. The summed E-state index contributed by atoms with van der Waals surface area (Å²) in [6.45, 7) is 2.48. The third kappa shape index (κ3) is 5.30. The van der Waals surface area contributed by atoms with E-state index in [-0.39, 0.29) is 17.3 Å². The summed E-state index contributed by atoms with van der Waals surface area (Å²) in [5.74, 6) is 0.570. The summed E-state index contributed by atoms with van der Waals surface area (Å²) in [5, 5.41) is 3.75. The summed E-state index contributed by atoms with van der Waals surface area (Å²) >= 11 is 7.55. The van der Waals surface area contributed by atoms with Crippen molar-refractivity contribution in [2.45, 2.75) is 22.6 Å². The first-order valence-electron chi connectivity index (χ1n) is 6.57. The van der Waals surface area contributed by atoms with Gasteiger partial charge in [-0.15, -0.1) is 24.2 Å². The molecular formula is C13H20Cl2N2O2S2. The van der Waals surface area contributed by atoms with Gasteiger partial charge in [-0.3, -0.25) is 0 Å². The van der Waals surface area contributed by atoms with Crippen LogP contribution in [0.3, 0.4) is 0 Å². The number of rotatable bonds is 6. The van der Waals surface area contributed by atoms with Gasteiger partial charge in [0.25, 0.3) is 0 Å². The third-order valence-corrected chi connectivity index (χ3v) is 6.12. The van der Waals surface area contributed by atoms with Crippen molar-refractivity contribution in [3.8, 4) is 0 Å². The lowest BCUT2D eigenvalue weighted by Crippen LogP contribution is -2.26. The van der Waals surface area contributed by atoms with Crippen LogP contribution in [0.1, 0.15) is 12.8 Å². The van der Waals surface area contributed by atoms with E-state index in [4.69, 9.17) is 11.6 Å². The molecule has 0 aliphatic carbocycles. The molecule has 21 heavy (non-hydrogen) atoms. The second-order valence-corrected chi connectivity index (χ2v) is 7.86. The molecule has 1 aliphatic rings. The van der Waals surface area contributed by atoms with E-state index >= 15 is 0 Å². The first-order chi connectivity index (χ1) is 9.53. The fourth-order valence-electron chi connectivity index (χ4n) is 2.26. The smallest absolute Gasteiger partial charge is 0.240 e. The molecule has 1 saturated heterocycles. The standard InChI is InChI=1S/C13H19ClN2O2S2.ClH/c1-19-13-3-2-11(8-12(13)14)20(17,18)16-7-5-10-4-6-15-9-10;/h2-3,8,10,15-16H,4-7,9H2,1H3;1H. The van der Waals surface area contributed by atoms with E-state index in [1.807, 2.05) is 6.26 Å². The first kappa shape index (κ1) is 19.1. The highest BCUT2D eigenvalue weighted by molar-refractivity contribution is 7.98. The molecule has 4 nitrogen and oxygen atoms in total. The molecule has 0 amide bonds. The van der Waals surface area contributed by atoms with Crippen molar-refractivity contribution in [1.82, 2.24) is 10.0 Å². The average Bonchev–Trinajstić information content (AvgIpc) is 2.91. The zero-order valence-electron chi connectivity index (χ0n) is 11.8. The predicted octanol–water partition coefficient (Wildman–Crippen LogP) is 2.76. The van der Waals surface area contributed by atoms with E-state index in [0.717, 1.165) is 30.8 Å². The Bertz CT molecular complexity index is 561. The molecule has 1 aromatic carbocycles. The Balaban J connectivity index is 0.00000220. The molecule has 1 aliphatic heterocycles. The predicted molar refractivity (Wildman–Crippen MR) is 91.3 cm³/mol. The SMILES string of the molecule is CSc1ccc(S(=O)(=O)NCCC2CCNC2)cc1Cl.Cl. The lowest BCUT2D eigenvalue weighted by Gasteiger charge is -2.11. The number of nitrogens with one attached hydrogen (secondary N) is 2. The van der Waals surface area contributed by atoms with Crippen LogP contribution in [0, 0.1) is 5.92 Å². The average molecular weight is 371 g/mol. The molecule has 0 saturated carbocycles. The molecule has 0 spiro atoms. The molecule has 120 valence electrons. The highest BCUT2D eigenvalue weighted by atomic mass is 35.5. The van der Waals surface area contributed by atoms with Crippen LogP contribution in [-0.2, 0) is 10.0 Å². The van der Waals surface area contributed by atoms with E-state index < -0.39 is 10.0 Å². The second kappa shape index (κ2) is 8.60. The maximum Gasteiger partial charge on any atom is 0.240 e. The van der Waals surface area contributed by atoms with Gasteiger partial charge < -0.3 is 5.32 Å². The number of sulfonamides is 1. The Kier molecular flexibility index (Phi) is 7.81. The summed E-state index contributed by atoms with van der Waals surface area (Å²) in [4.78, 5) is 1.10. The van der Waals surface area contributed by atoms with Crippen LogP contribution >= 0.6 is 35.8 Å². The minimum absolute atomic E-state index is 0. The van der Waals surface area contributed by atoms with E-state index in [0.29, 0.717) is 17.5 Å². The minimum Gasteiger partial charge on any atom is -0.316 e. The van der Waals surface area contributed by atoms with E-state index in [1.54, 1.807) is 12.1 Å². The van der Waals surface area contributed by atoms with Gasteiger partial charge in [-0.1, -0.05) is 11.6 Å². The van der Waals surface area contributed by atoms with Crippen molar-refractivity contribution in [3.63, 3.8) is 0 Å². The van der Waals surface area contributed by atoms with Crippen molar-refractivity contribution in [2.75, 3.05) is 25.9 Å². The van der Waals surface area contributed by atoms with Crippen LogP contribution in [0.4, 0.5) is 0 Å². The molecule has 1 heterocycles. The topological polar surface area (TPSA) is 58.2 Å². The molecular weight excluding hydrogens is 351 g/mol. The number of benzene rings is 1. The Morgan fingerprint density at radius 3 is 2.81 bits per heavy atom. The number of halogens is 2. The lowest BCUT2D eigenvalue weighted by atomic mass is 10.1. The summed E-state index contributed by atoms with van der Waals surface area (Å²) in [5.41, 5.74) is 0. The van der Waals surface area contributed by atoms with Crippen molar-refractivity contribution >= 4 is 45.8 Å². The minimum atomic E-state index is -3.46.